The highest BCUT2D eigenvalue weighted by atomic mass is 35.5. The van der Waals surface area contributed by atoms with E-state index in [1.165, 1.54) is 0 Å². The maximum Gasteiger partial charge on any atom is 0.564 e. The molecule has 6 nitrogen and oxygen atoms in total. The number of aliphatic hydroxyl groups is 1. The molecular formula is C14H19ClN3O3S. The normalized spacial score (nSPS) is 15.2. The van der Waals surface area contributed by atoms with E-state index in [1.54, 1.807) is 29.2 Å². The van der Waals surface area contributed by atoms with Gasteiger partial charge in [-0.05, 0) is 24.6 Å². The van der Waals surface area contributed by atoms with E-state index in [-0.39, 0.29) is 12.4 Å². The first-order chi connectivity index (χ1) is 9.87. The topological polar surface area (TPSA) is 72.9 Å². The van der Waals surface area contributed by atoms with Crippen molar-refractivity contribution >= 4 is 15.7 Å². The fourth-order valence-corrected chi connectivity index (χ4v) is 2.51. The van der Waals surface area contributed by atoms with Crippen LogP contribution in [0, 0.1) is 6.67 Å². The van der Waals surface area contributed by atoms with Gasteiger partial charge in [0.1, 0.15) is 6.10 Å². The summed E-state index contributed by atoms with van der Waals surface area (Å²) in [6, 6.07) is 6.67. The Morgan fingerprint density at radius 2 is 1.82 bits per heavy atom. The predicted molar refractivity (Wildman–Crippen MR) is 81.3 cm³/mol. The molecule has 1 unspecified atom stereocenters. The molecule has 2 N–H and O–H groups in total. The number of aliphatic hydroxyl groups excluding tert-OH is 1. The second-order valence-electron chi connectivity index (χ2n) is 4.85. The number of nitrogens with one attached hydrogen (secondary N) is 1. The van der Waals surface area contributed by atoms with E-state index in [9.17, 15) is 13.5 Å². The van der Waals surface area contributed by atoms with Crippen LogP contribution in [-0.2, 0) is 10.0 Å². The van der Waals surface area contributed by atoms with Crippen LogP contribution in [0.25, 0.3) is 0 Å². The number of β-amino-alcohol motifs (C(OH)–C–C–N with tert-alkyl or cyclic N) is 1. The highest BCUT2D eigenvalue weighted by Crippen LogP contribution is 2.20. The molecule has 1 aromatic carbocycles. The van der Waals surface area contributed by atoms with E-state index in [4.69, 9.17) is 0 Å². The van der Waals surface area contributed by atoms with Crippen molar-refractivity contribution in [2.75, 3.05) is 24.1 Å². The zero-order valence-corrected chi connectivity index (χ0v) is 14.0. The number of rotatable bonds is 6. The number of anilines is 1. The van der Waals surface area contributed by atoms with Crippen molar-refractivity contribution in [2.24, 2.45) is 0 Å². The maximum absolute atomic E-state index is 11.1. The molecule has 1 aliphatic heterocycles. The zero-order chi connectivity index (χ0) is 15.5. The van der Waals surface area contributed by atoms with E-state index in [0.717, 1.165) is 18.4 Å². The van der Waals surface area contributed by atoms with Gasteiger partial charge in [-0.25, -0.2) is 8.42 Å². The van der Waals surface area contributed by atoms with Gasteiger partial charge in [0, 0.05) is 5.69 Å². The summed E-state index contributed by atoms with van der Waals surface area (Å²) in [6.07, 6.45) is 4.17. The number of benzene rings is 1. The Labute approximate surface area is 137 Å². The quantitative estimate of drug-likeness (QED) is 0.596. The van der Waals surface area contributed by atoms with Crippen molar-refractivity contribution in [1.82, 2.24) is 9.80 Å². The third-order valence-electron chi connectivity index (χ3n) is 2.99. The van der Waals surface area contributed by atoms with Crippen LogP contribution in [0.5, 0.6) is 0 Å². The molecule has 121 valence electrons. The molecule has 22 heavy (non-hydrogen) atoms. The number of hydrogen-bond donors (Lipinski definition) is 2. The van der Waals surface area contributed by atoms with Crippen LogP contribution < -0.4 is 17.1 Å². The third-order valence-corrected chi connectivity index (χ3v) is 3.60. The highest BCUT2D eigenvalue weighted by Gasteiger charge is 2.31. The average Bonchev–Trinajstić information content (AvgIpc) is 2.85. The minimum Gasteiger partial charge on any atom is -1.00 e. The molecule has 0 spiro atoms. The molecule has 1 heterocycles. The highest BCUT2D eigenvalue weighted by molar-refractivity contribution is 7.92. The number of nitrogens with zero attached hydrogens (tertiary/aromatic N) is 2. The first-order valence-corrected chi connectivity index (χ1v) is 8.50. The molecule has 0 aliphatic carbocycles. The molecule has 1 radical (unpaired) electrons. The van der Waals surface area contributed by atoms with Crippen LogP contribution in [0.3, 0.4) is 0 Å². The lowest BCUT2D eigenvalue weighted by atomic mass is 10.1. The average molecular weight is 345 g/mol. The Morgan fingerprint density at radius 1 is 1.23 bits per heavy atom. The van der Waals surface area contributed by atoms with Crippen molar-refractivity contribution in [3.05, 3.63) is 48.9 Å². The molecule has 2 rings (SSSR count). The van der Waals surface area contributed by atoms with Gasteiger partial charge < -0.3 is 17.5 Å². The fraction of sp³-hybridized carbons (Fsp3) is 0.357. The second kappa shape index (κ2) is 7.62. The van der Waals surface area contributed by atoms with Crippen molar-refractivity contribution in [3.8, 4) is 0 Å². The Morgan fingerprint density at radius 3 is 2.32 bits per heavy atom. The minimum atomic E-state index is -3.28. The molecular weight excluding hydrogens is 326 g/mol. The summed E-state index contributed by atoms with van der Waals surface area (Å²) < 4.78 is 24.6. The largest absolute Gasteiger partial charge is 1.00 e. The van der Waals surface area contributed by atoms with Gasteiger partial charge in [0.25, 0.3) is 0 Å². The van der Waals surface area contributed by atoms with Crippen LogP contribution >= 0.6 is 0 Å². The number of hydrogen-bond acceptors (Lipinski definition) is 5. The molecule has 0 aromatic heterocycles. The predicted octanol–water partition coefficient (Wildman–Crippen LogP) is -1.80. The fourth-order valence-electron chi connectivity index (χ4n) is 1.95. The molecule has 1 aliphatic rings. The van der Waals surface area contributed by atoms with Crippen molar-refractivity contribution in [3.63, 3.8) is 0 Å². The van der Waals surface area contributed by atoms with Crippen LogP contribution in [0.1, 0.15) is 18.6 Å². The summed E-state index contributed by atoms with van der Waals surface area (Å²) in [5.74, 6) is 0. The van der Waals surface area contributed by atoms with Gasteiger partial charge in [0.05, 0.1) is 31.7 Å². The molecule has 0 bridgehead atoms. The second-order valence-corrected chi connectivity index (χ2v) is 6.60. The first kappa shape index (κ1) is 18.5. The van der Waals surface area contributed by atoms with Crippen LogP contribution in [-0.4, -0.2) is 42.7 Å². The Hall–Kier alpha value is -1.57. The van der Waals surface area contributed by atoms with Crippen LogP contribution in [0.15, 0.2) is 36.7 Å². The van der Waals surface area contributed by atoms with Gasteiger partial charge in [-0.15, -0.1) is 9.80 Å². The van der Waals surface area contributed by atoms with E-state index in [0.29, 0.717) is 12.2 Å². The van der Waals surface area contributed by atoms with E-state index in [1.807, 2.05) is 24.2 Å². The summed E-state index contributed by atoms with van der Waals surface area (Å²) in [7, 11) is -3.28. The summed E-state index contributed by atoms with van der Waals surface area (Å²) in [4.78, 5) is 3.68. The van der Waals surface area contributed by atoms with E-state index in [2.05, 4.69) is 11.4 Å². The van der Waals surface area contributed by atoms with Crippen molar-refractivity contribution < 1.29 is 25.9 Å². The summed E-state index contributed by atoms with van der Waals surface area (Å²) in [6.45, 7) is 6.33. The van der Waals surface area contributed by atoms with E-state index < -0.39 is 16.1 Å². The van der Waals surface area contributed by atoms with Gasteiger partial charge in [0.15, 0.2) is 0 Å². The lowest BCUT2D eigenvalue weighted by Gasteiger charge is -2.12. The van der Waals surface area contributed by atoms with Gasteiger partial charge in [-0.2, -0.15) is 0 Å². The lowest BCUT2D eigenvalue weighted by molar-refractivity contribution is -0.00000866. The molecule has 1 atom stereocenters. The van der Waals surface area contributed by atoms with Gasteiger partial charge in [-0.3, -0.25) is 4.72 Å². The molecule has 1 aromatic rings. The first-order valence-electron chi connectivity index (χ1n) is 6.61. The van der Waals surface area contributed by atoms with Crippen molar-refractivity contribution in [2.45, 2.75) is 13.0 Å². The standard InChI is InChI=1S/C14H19N3O3S.ClH/c1-3-16-8-9-17(11-16)10-14(18)12-4-6-13(7-5-12)15-21(2,19)20;/h4-9,14-15,18H,3,10H2,1-2H3;1H/q+1;/p-1. The van der Waals surface area contributed by atoms with Crippen molar-refractivity contribution in [1.29, 1.82) is 0 Å². The summed E-state index contributed by atoms with van der Waals surface area (Å²) >= 11 is 0. The smallest absolute Gasteiger partial charge is 0.564 e. The minimum absolute atomic E-state index is 0. The van der Waals surface area contributed by atoms with E-state index >= 15 is 0 Å². The van der Waals surface area contributed by atoms with Crippen LogP contribution in [0.4, 0.5) is 5.69 Å². The van der Waals surface area contributed by atoms with Gasteiger partial charge in [-0.1, -0.05) is 12.1 Å². The monoisotopic (exact) mass is 344 g/mol. The molecule has 0 saturated carbocycles. The zero-order valence-electron chi connectivity index (χ0n) is 12.4. The third kappa shape index (κ3) is 5.32. The summed E-state index contributed by atoms with van der Waals surface area (Å²) in [5.41, 5.74) is 1.20. The van der Waals surface area contributed by atoms with Gasteiger partial charge >= 0.3 is 6.67 Å². The number of sulfonamides is 1. The number of halogens is 1. The molecule has 0 amide bonds. The SMILES string of the molecule is CCN1[C+]N(CC(O)c2ccc(NS(C)(=O)=O)cc2)C=C1.[Cl-]. The molecule has 0 saturated heterocycles. The van der Waals surface area contributed by atoms with Crippen LogP contribution in [0.2, 0.25) is 0 Å². The molecule has 8 heteroatoms. The van der Waals surface area contributed by atoms with Gasteiger partial charge in [0.2, 0.25) is 10.0 Å². The Bertz CT molecular complexity index is 604. The lowest BCUT2D eigenvalue weighted by Crippen LogP contribution is -3.00. The Kier molecular flexibility index (Phi) is 6.40. The summed E-state index contributed by atoms with van der Waals surface area (Å²) in [5, 5.41) is 10.2. The molecule has 0 fully saturated rings. The maximum atomic E-state index is 11.1. The Balaban J connectivity index is 0.00000242.